The molecule has 0 aliphatic carbocycles. The molecule has 22 heavy (non-hydrogen) atoms. The Labute approximate surface area is 156 Å². The summed E-state index contributed by atoms with van der Waals surface area (Å²) in [4.78, 5) is 0. The first-order valence-electron chi connectivity index (χ1n) is 6.30. The number of hydrogen-bond acceptors (Lipinski definition) is 4. The zero-order valence-electron chi connectivity index (χ0n) is 14.1. The van der Waals surface area contributed by atoms with Crippen molar-refractivity contribution in [2.45, 2.75) is 41.5 Å². The molecule has 123 valence electrons. The number of phenols is 1. The van der Waals surface area contributed by atoms with Crippen molar-refractivity contribution in [2.75, 3.05) is 0 Å². The van der Waals surface area contributed by atoms with Gasteiger partial charge < -0.3 is 34.8 Å². The van der Waals surface area contributed by atoms with Crippen LogP contribution < -0.4 is 17.8 Å². The van der Waals surface area contributed by atoms with Crippen LogP contribution in [0.2, 0.25) is 0 Å². The van der Waals surface area contributed by atoms with E-state index < -0.39 is 0 Å². The quantitative estimate of drug-likeness (QED) is 0.391. The molecule has 1 aromatic rings. The van der Waals surface area contributed by atoms with E-state index in [0.29, 0.717) is 5.75 Å². The van der Waals surface area contributed by atoms with Gasteiger partial charge in [0.1, 0.15) is 5.75 Å². The molecule has 0 amide bonds. The third-order valence-corrected chi connectivity index (χ3v) is 1.03. The van der Waals surface area contributed by atoms with Gasteiger partial charge in [0.25, 0.3) is 0 Å². The summed E-state index contributed by atoms with van der Waals surface area (Å²) in [5, 5.41) is 18.3. The van der Waals surface area contributed by atoms with Gasteiger partial charge in [-0.25, -0.2) is 0 Å². The van der Waals surface area contributed by atoms with E-state index in [0.717, 1.165) is 0 Å². The minimum absolute atomic E-state index is 0. The molecule has 0 unspecified atom stereocenters. The van der Waals surface area contributed by atoms with Crippen LogP contribution in [0.4, 0.5) is 0 Å². The van der Waals surface area contributed by atoms with E-state index in [9.17, 15) is 0 Å². The number of nitrogens with zero attached hydrogens (tertiary/aromatic N) is 3. The SMILES string of the molecule is C[C-](C)C.C[C-](C)C.Oc1ccccc1.[C-]1=NN=N[NH2+]1.[Cl-].[Ti+3]. The molecule has 1 aromatic carbocycles. The smallest absolute Gasteiger partial charge is 1.00 e. The monoisotopic (exact) mass is 361 g/mol. The first-order valence-corrected chi connectivity index (χ1v) is 6.30. The van der Waals surface area contributed by atoms with Crippen LogP contribution in [-0.4, -0.2) is 11.4 Å². The summed E-state index contributed by atoms with van der Waals surface area (Å²) in [6, 6.07) is 8.71. The first kappa shape index (κ1) is 29.3. The van der Waals surface area contributed by atoms with Crippen LogP contribution in [0.5, 0.6) is 5.75 Å². The normalized spacial score (nSPS) is 10.0. The fraction of sp³-hybridized carbons (Fsp3) is 0.400. The van der Waals surface area contributed by atoms with Gasteiger partial charge in [0.2, 0.25) is 0 Å². The maximum absolute atomic E-state index is 8.63. The molecule has 2 rings (SSSR count). The number of aromatic hydroxyl groups is 1. The van der Waals surface area contributed by atoms with Gasteiger partial charge in [-0.05, 0) is 17.4 Å². The van der Waals surface area contributed by atoms with Crippen LogP contribution >= 0.6 is 0 Å². The van der Waals surface area contributed by atoms with Crippen molar-refractivity contribution in [2.24, 2.45) is 15.5 Å². The van der Waals surface area contributed by atoms with Gasteiger partial charge in [0.05, 0.1) is 0 Å². The molecule has 1 aliphatic rings. The number of rotatable bonds is 0. The standard InChI is InChI=1S/C6H6O.2C4H9.CH2N4.ClH.Ti/c7-6-4-2-1-3-5-6;2*1-4(2)3;1-2-4-5-3-1;;/h1-5,7H;2*1-3H3;2H2;1H;/q;2*-1;;;+3/p-1. The molecule has 0 aromatic heterocycles. The van der Waals surface area contributed by atoms with E-state index in [1.54, 1.807) is 24.3 Å². The van der Waals surface area contributed by atoms with Crippen LogP contribution in [0.15, 0.2) is 45.9 Å². The summed E-state index contributed by atoms with van der Waals surface area (Å²) in [5.41, 5.74) is 1.40. The van der Waals surface area contributed by atoms with Gasteiger partial charge in [0, 0.05) is 5.22 Å². The third-order valence-electron chi connectivity index (χ3n) is 1.03. The molecule has 3 N–H and O–H groups in total. The third kappa shape index (κ3) is 42.7. The van der Waals surface area contributed by atoms with Gasteiger partial charge in [-0.3, -0.25) is 5.10 Å². The summed E-state index contributed by atoms with van der Waals surface area (Å²) in [6.07, 6.45) is 2.39. The summed E-state index contributed by atoms with van der Waals surface area (Å²) in [6.45, 7) is 12.5. The second kappa shape index (κ2) is 22.5. The molecule has 0 bridgehead atoms. The number of quaternary nitrogens is 1. The van der Waals surface area contributed by atoms with Gasteiger partial charge in [-0.1, -0.05) is 24.5 Å². The Kier molecular flexibility index (Phi) is 30.0. The minimum Gasteiger partial charge on any atom is -1.00 e. The molecular weight excluding hydrogens is 336 g/mol. The second-order valence-electron chi connectivity index (χ2n) is 4.90. The van der Waals surface area contributed by atoms with Crippen LogP contribution in [-0.2, 0) is 21.7 Å². The van der Waals surface area contributed by atoms with E-state index in [4.69, 9.17) is 5.11 Å². The van der Waals surface area contributed by atoms with Crippen molar-refractivity contribution in [3.8, 4) is 5.75 Å². The van der Waals surface area contributed by atoms with E-state index in [1.807, 2.05) is 6.07 Å². The van der Waals surface area contributed by atoms with Crippen molar-refractivity contribution in [3.63, 3.8) is 0 Å². The molecule has 1 radical (unpaired) electrons. The molecule has 1 aliphatic heterocycles. The zero-order valence-corrected chi connectivity index (χ0v) is 16.4. The van der Waals surface area contributed by atoms with Crippen molar-refractivity contribution >= 4 is 6.34 Å². The number of halogens is 1. The van der Waals surface area contributed by atoms with Crippen molar-refractivity contribution < 1.29 is 44.7 Å². The number of nitrogens with two attached hydrogens (primary N) is 1. The van der Waals surface area contributed by atoms with Crippen molar-refractivity contribution in [1.29, 1.82) is 0 Å². The van der Waals surface area contributed by atoms with E-state index in [-0.39, 0.29) is 34.1 Å². The van der Waals surface area contributed by atoms with E-state index in [2.05, 4.69) is 63.4 Å². The number of hydrogen-bond donors (Lipinski definition) is 2. The molecular formula is C15H26ClN4OTi. The summed E-state index contributed by atoms with van der Waals surface area (Å²) < 4.78 is 0. The summed E-state index contributed by atoms with van der Waals surface area (Å²) >= 11 is 0. The predicted octanol–water partition coefficient (Wildman–Crippen LogP) is 0.386. The Morgan fingerprint density at radius 1 is 0.955 bits per heavy atom. The molecule has 1 heterocycles. The van der Waals surface area contributed by atoms with Crippen LogP contribution in [0.25, 0.3) is 0 Å². The molecule has 0 spiro atoms. The second-order valence-corrected chi connectivity index (χ2v) is 4.90. The Bertz CT molecular complexity index is 338. The maximum atomic E-state index is 8.63. The Morgan fingerprint density at radius 3 is 1.50 bits per heavy atom. The van der Waals surface area contributed by atoms with Gasteiger partial charge >= 0.3 is 21.7 Å². The first-order chi connectivity index (χ1) is 9.36. The zero-order chi connectivity index (χ0) is 15.8. The fourth-order valence-electron chi connectivity index (χ4n) is 0.557. The van der Waals surface area contributed by atoms with Crippen molar-refractivity contribution in [3.05, 3.63) is 42.2 Å². The molecule has 0 saturated carbocycles. The summed E-state index contributed by atoms with van der Waals surface area (Å²) in [7, 11) is 0. The van der Waals surface area contributed by atoms with E-state index in [1.165, 1.54) is 17.3 Å². The Morgan fingerprint density at radius 2 is 1.36 bits per heavy atom. The number of phenolic OH excluding ortho intramolecular Hbond substituents is 1. The minimum atomic E-state index is 0. The summed E-state index contributed by atoms with van der Waals surface area (Å²) in [5.74, 6) is 3.16. The fourth-order valence-corrected chi connectivity index (χ4v) is 0.557. The van der Waals surface area contributed by atoms with Gasteiger partial charge in [-0.2, -0.15) is 41.5 Å². The van der Waals surface area contributed by atoms with E-state index >= 15 is 0 Å². The Hall–Kier alpha value is -0.746. The largest absolute Gasteiger partial charge is 3.00 e. The predicted molar refractivity (Wildman–Crippen MR) is 82.9 cm³/mol. The Balaban J connectivity index is -0.0000000985. The average molecular weight is 362 g/mol. The average Bonchev–Trinajstić information content (AvgIpc) is 2.86. The maximum Gasteiger partial charge on any atom is 3.00 e. The topological polar surface area (TPSA) is 73.9 Å². The molecule has 5 nitrogen and oxygen atoms in total. The van der Waals surface area contributed by atoms with Crippen molar-refractivity contribution in [1.82, 2.24) is 0 Å². The van der Waals surface area contributed by atoms with Crippen LogP contribution in [0.3, 0.4) is 0 Å². The molecule has 7 heteroatoms. The van der Waals surface area contributed by atoms with Crippen LogP contribution in [0.1, 0.15) is 41.5 Å². The van der Waals surface area contributed by atoms with Gasteiger partial charge in [0.15, 0.2) is 0 Å². The van der Waals surface area contributed by atoms with Gasteiger partial charge in [-0.15, -0.1) is 0 Å². The van der Waals surface area contributed by atoms with Crippen LogP contribution in [0, 0.1) is 11.8 Å². The molecule has 0 fully saturated rings. The molecule has 0 atom stereocenters. The molecule has 0 saturated heterocycles. The number of benzene rings is 1. The number of para-hydroxylation sites is 1.